The fourth-order valence-electron chi connectivity index (χ4n) is 2.50. The van der Waals surface area contributed by atoms with Crippen LogP contribution >= 0.6 is 12.6 Å². The first-order chi connectivity index (χ1) is 9.24. The van der Waals surface area contributed by atoms with Crippen LogP contribution in [-0.4, -0.2) is 28.6 Å². The highest BCUT2D eigenvalue weighted by Gasteiger charge is 2.38. The third-order valence-corrected chi connectivity index (χ3v) is 4.38. The molecule has 102 valence electrons. The molecule has 2 aliphatic carbocycles. The van der Waals surface area contributed by atoms with Gasteiger partial charge in [0.15, 0.2) is 0 Å². The highest BCUT2D eigenvalue weighted by atomic mass is 32.1. The van der Waals surface area contributed by atoms with Crippen LogP contribution in [0.1, 0.15) is 31.2 Å². The van der Waals surface area contributed by atoms with Crippen LogP contribution in [-0.2, 0) is 11.2 Å². The van der Waals surface area contributed by atoms with Crippen molar-refractivity contribution in [3.05, 3.63) is 35.9 Å². The number of hydrogen-bond donors (Lipinski definition) is 1. The van der Waals surface area contributed by atoms with E-state index in [0.717, 1.165) is 18.9 Å². The molecule has 1 atom stereocenters. The zero-order valence-corrected chi connectivity index (χ0v) is 12.1. The maximum absolute atomic E-state index is 12.5. The van der Waals surface area contributed by atoms with Gasteiger partial charge in [0, 0.05) is 12.6 Å². The van der Waals surface area contributed by atoms with Gasteiger partial charge >= 0.3 is 0 Å². The van der Waals surface area contributed by atoms with Gasteiger partial charge in [0.2, 0.25) is 5.91 Å². The number of thiol groups is 1. The lowest BCUT2D eigenvalue weighted by molar-refractivity contribution is -0.131. The lowest BCUT2D eigenvalue weighted by atomic mass is 10.1. The molecule has 2 saturated carbocycles. The van der Waals surface area contributed by atoms with Crippen LogP contribution in [0.4, 0.5) is 0 Å². The molecule has 0 saturated heterocycles. The number of amides is 1. The molecule has 1 aromatic carbocycles. The monoisotopic (exact) mass is 275 g/mol. The predicted molar refractivity (Wildman–Crippen MR) is 80.4 cm³/mol. The summed E-state index contributed by atoms with van der Waals surface area (Å²) in [4.78, 5) is 14.7. The van der Waals surface area contributed by atoms with Crippen LogP contribution in [0.25, 0.3) is 0 Å². The van der Waals surface area contributed by atoms with Crippen LogP contribution in [0.5, 0.6) is 0 Å². The molecule has 0 bridgehead atoms. The Bertz CT molecular complexity index is 439. The van der Waals surface area contributed by atoms with E-state index in [1.165, 1.54) is 31.2 Å². The molecule has 3 rings (SSSR count). The highest BCUT2D eigenvalue weighted by Crippen LogP contribution is 2.35. The van der Waals surface area contributed by atoms with Crippen molar-refractivity contribution in [2.45, 2.75) is 43.4 Å². The average Bonchev–Trinajstić information content (AvgIpc) is 3.28. The first-order valence-corrected chi connectivity index (χ1v) is 7.78. The van der Waals surface area contributed by atoms with Crippen LogP contribution in [0.15, 0.2) is 30.3 Å². The smallest absolute Gasteiger partial charge is 0.236 e. The van der Waals surface area contributed by atoms with Crippen molar-refractivity contribution in [1.82, 2.24) is 4.90 Å². The van der Waals surface area contributed by atoms with Crippen molar-refractivity contribution in [1.29, 1.82) is 0 Å². The molecule has 2 fully saturated rings. The van der Waals surface area contributed by atoms with Crippen molar-refractivity contribution in [3.8, 4) is 0 Å². The Hall–Kier alpha value is -0.960. The Labute approximate surface area is 120 Å². The molecule has 1 unspecified atom stereocenters. The molecule has 1 aromatic rings. The minimum Gasteiger partial charge on any atom is -0.338 e. The van der Waals surface area contributed by atoms with Gasteiger partial charge in [-0.3, -0.25) is 4.79 Å². The Balaban J connectivity index is 1.60. The first kappa shape index (κ1) is 13.0. The summed E-state index contributed by atoms with van der Waals surface area (Å²) in [6.07, 6.45) is 5.70. The molecule has 2 nitrogen and oxygen atoms in total. The topological polar surface area (TPSA) is 20.3 Å². The van der Waals surface area contributed by atoms with Crippen molar-refractivity contribution < 1.29 is 4.79 Å². The van der Waals surface area contributed by atoms with E-state index in [2.05, 4.69) is 29.7 Å². The average molecular weight is 275 g/mol. The van der Waals surface area contributed by atoms with Gasteiger partial charge in [0.1, 0.15) is 0 Å². The number of hydrogen-bond acceptors (Lipinski definition) is 2. The summed E-state index contributed by atoms with van der Waals surface area (Å²) in [5, 5.41) is -0.193. The molecule has 0 heterocycles. The fourth-order valence-corrected chi connectivity index (χ4v) is 2.86. The number of carbonyl (C=O) groups is 1. The van der Waals surface area contributed by atoms with E-state index in [0.29, 0.717) is 6.04 Å². The van der Waals surface area contributed by atoms with Gasteiger partial charge in [-0.25, -0.2) is 0 Å². The largest absolute Gasteiger partial charge is 0.338 e. The molecule has 1 amide bonds. The summed E-state index contributed by atoms with van der Waals surface area (Å²) in [6.45, 7) is 0.968. The van der Waals surface area contributed by atoms with Crippen LogP contribution < -0.4 is 0 Å². The standard InChI is InChI=1S/C16H21NOS/c18-16(15(19)10-12-4-2-1-3-5-12)17(14-8-9-14)11-13-6-7-13/h1-5,13-15,19H,6-11H2. The zero-order chi connectivity index (χ0) is 13.2. The van der Waals surface area contributed by atoms with E-state index in [-0.39, 0.29) is 11.2 Å². The highest BCUT2D eigenvalue weighted by molar-refractivity contribution is 7.81. The normalized spacial score (nSPS) is 20.1. The minimum absolute atomic E-state index is 0.193. The second kappa shape index (κ2) is 5.58. The Morgan fingerprint density at radius 2 is 1.89 bits per heavy atom. The lowest BCUT2D eigenvalue weighted by Gasteiger charge is -2.25. The summed E-state index contributed by atoms with van der Waals surface area (Å²) >= 11 is 4.55. The maximum Gasteiger partial charge on any atom is 0.236 e. The number of carbonyl (C=O) groups excluding carboxylic acids is 1. The maximum atomic E-state index is 12.5. The third-order valence-electron chi connectivity index (χ3n) is 3.98. The number of benzene rings is 1. The van der Waals surface area contributed by atoms with Crippen molar-refractivity contribution in [3.63, 3.8) is 0 Å². The van der Waals surface area contributed by atoms with Crippen molar-refractivity contribution in [2.24, 2.45) is 5.92 Å². The summed E-state index contributed by atoms with van der Waals surface area (Å²) in [5.74, 6) is 1.00. The van der Waals surface area contributed by atoms with E-state index < -0.39 is 0 Å². The van der Waals surface area contributed by atoms with Gasteiger partial charge in [0.25, 0.3) is 0 Å². The predicted octanol–water partition coefficient (Wildman–Crippen LogP) is 2.93. The van der Waals surface area contributed by atoms with Crippen LogP contribution in [0, 0.1) is 5.92 Å². The second-order valence-electron chi connectivity index (χ2n) is 5.87. The number of nitrogens with zero attached hydrogens (tertiary/aromatic N) is 1. The van der Waals surface area contributed by atoms with Crippen LogP contribution in [0.2, 0.25) is 0 Å². The van der Waals surface area contributed by atoms with Gasteiger partial charge in [-0.05, 0) is 43.6 Å². The SMILES string of the molecule is O=C(C(S)Cc1ccccc1)N(CC1CC1)C1CC1. The van der Waals surface area contributed by atoms with Crippen LogP contribution in [0.3, 0.4) is 0 Å². The molecule has 0 aromatic heterocycles. The van der Waals surface area contributed by atoms with Gasteiger partial charge in [0.05, 0.1) is 5.25 Å². The van der Waals surface area contributed by atoms with Gasteiger partial charge in [-0.1, -0.05) is 30.3 Å². The summed E-state index contributed by atoms with van der Waals surface area (Å²) in [5.41, 5.74) is 1.19. The second-order valence-corrected chi connectivity index (χ2v) is 6.49. The zero-order valence-electron chi connectivity index (χ0n) is 11.2. The van der Waals surface area contributed by atoms with Gasteiger partial charge in [-0.15, -0.1) is 0 Å². The first-order valence-electron chi connectivity index (χ1n) is 7.26. The Morgan fingerprint density at radius 3 is 2.47 bits per heavy atom. The molecule has 2 aliphatic rings. The number of rotatable bonds is 6. The molecule has 0 spiro atoms. The molecule has 19 heavy (non-hydrogen) atoms. The Kier molecular flexibility index (Phi) is 3.83. The summed E-state index contributed by atoms with van der Waals surface area (Å²) in [7, 11) is 0. The molecular formula is C16H21NOS. The molecule has 0 aliphatic heterocycles. The van der Waals surface area contributed by atoms with Gasteiger partial charge in [-0.2, -0.15) is 12.6 Å². The summed E-state index contributed by atoms with van der Waals surface area (Å²) < 4.78 is 0. The summed E-state index contributed by atoms with van der Waals surface area (Å²) in [6, 6.07) is 10.7. The van der Waals surface area contributed by atoms with Crippen molar-refractivity contribution in [2.75, 3.05) is 6.54 Å². The molecular weight excluding hydrogens is 254 g/mol. The molecule has 0 N–H and O–H groups in total. The minimum atomic E-state index is -0.193. The molecule has 0 radical (unpaired) electrons. The van der Waals surface area contributed by atoms with E-state index in [1.807, 2.05) is 18.2 Å². The van der Waals surface area contributed by atoms with Gasteiger partial charge < -0.3 is 4.90 Å². The van der Waals surface area contributed by atoms with E-state index in [1.54, 1.807) is 0 Å². The quantitative estimate of drug-likeness (QED) is 0.792. The van der Waals surface area contributed by atoms with E-state index in [9.17, 15) is 4.79 Å². The lowest BCUT2D eigenvalue weighted by Crippen LogP contribution is -2.40. The fraction of sp³-hybridized carbons (Fsp3) is 0.562. The van der Waals surface area contributed by atoms with E-state index in [4.69, 9.17) is 0 Å². The molecule has 3 heteroatoms. The van der Waals surface area contributed by atoms with Crippen molar-refractivity contribution >= 4 is 18.5 Å². The third kappa shape index (κ3) is 3.53. The Morgan fingerprint density at radius 1 is 1.21 bits per heavy atom. The van der Waals surface area contributed by atoms with E-state index >= 15 is 0 Å².